The topological polar surface area (TPSA) is 61.6 Å². The Kier molecular flexibility index (Phi) is 4.07. The van der Waals surface area contributed by atoms with Gasteiger partial charge in [0.2, 0.25) is 0 Å². The molecule has 0 aliphatic rings. The molecule has 0 unspecified atom stereocenters. The van der Waals surface area contributed by atoms with Crippen LogP contribution in [-0.4, -0.2) is 34.5 Å². The van der Waals surface area contributed by atoms with Gasteiger partial charge in [-0.15, -0.1) is 0 Å². The first-order chi connectivity index (χ1) is 6.69. The molecule has 0 aliphatic carbocycles. The number of nitro benzene ring substituents is 1. The van der Waals surface area contributed by atoms with E-state index in [9.17, 15) is 10.1 Å². The zero-order chi connectivity index (χ0) is 10.6. The van der Waals surface area contributed by atoms with Crippen molar-refractivity contribution >= 4 is 25.4 Å². The Bertz CT molecular complexity index is 310. The maximum absolute atomic E-state index is 10.4. The van der Waals surface area contributed by atoms with Crippen molar-refractivity contribution in [1.29, 1.82) is 0 Å². The van der Waals surface area contributed by atoms with Gasteiger partial charge in [-0.1, -0.05) is 0 Å². The number of benzene rings is 1. The number of hydrogen-bond acceptors (Lipinski definition) is 4. The molecule has 0 aromatic heterocycles. The predicted molar refractivity (Wildman–Crippen MR) is 52.5 cm³/mol. The first-order valence-electron chi connectivity index (χ1n) is 3.82. The first-order valence-corrected chi connectivity index (χ1v) is 6.29. The minimum absolute atomic E-state index is 0.0786. The van der Waals surface area contributed by atoms with E-state index in [1.165, 1.54) is 12.1 Å². The predicted octanol–water partition coefficient (Wildman–Crippen LogP) is 0.583. The van der Waals surface area contributed by atoms with Gasteiger partial charge >= 0.3 is 86.3 Å². The van der Waals surface area contributed by atoms with Crippen LogP contribution in [0.4, 0.5) is 5.69 Å². The molecule has 0 radical (unpaired) electrons. The number of nitro groups is 1. The zero-order valence-corrected chi connectivity index (χ0v) is 9.71. The second-order valence-electron chi connectivity index (χ2n) is 2.40. The van der Waals surface area contributed by atoms with Crippen molar-refractivity contribution in [2.75, 3.05) is 14.2 Å². The van der Waals surface area contributed by atoms with Crippen molar-refractivity contribution in [2.45, 2.75) is 0 Å². The van der Waals surface area contributed by atoms with Crippen LogP contribution < -0.4 is 4.35 Å². The van der Waals surface area contributed by atoms with Crippen LogP contribution in [0.1, 0.15) is 0 Å². The Balaban J connectivity index is 2.87. The van der Waals surface area contributed by atoms with Crippen molar-refractivity contribution in [3.8, 4) is 0 Å². The molecule has 0 saturated carbocycles. The summed E-state index contributed by atoms with van der Waals surface area (Å²) >= 11 is -1.89. The van der Waals surface area contributed by atoms with E-state index >= 15 is 0 Å². The molecule has 0 heterocycles. The van der Waals surface area contributed by atoms with Gasteiger partial charge in [-0.05, 0) is 0 Å². The van der Waals surface area contributed by atoms with E-state index in [1.807, 2.05) is 0 Å². The summed E-state index contributed by atoms with van der Waals surface area (Å²) in [5.41, 5.74) is 0.0786. The summed E-state index contributed by atoms with van der Waals surface area (Å²) in [5.74, 6) is 0. The Hall–Kier alpha value is -0.902. The van der Waals surface area contributed by atoms with Crippen molar-refractivity contribution in [3.05, 3.63) is 34.4 Å². The van der Waals surface area contributed by atoms with Crippen LogP contribution in [0.25, 0.3) is 0 Å². The Morgan fingerprint density at radius 1 is 1.21 bits per heavy atom. The third-order valence-corrected chi connectivity index (χ3v) is 4.50. The van der Waals surface area contributed by atoms with Crippen LogP contribution in [0.2, 0.25) is 0 Å². The van der Waals surface area contributed by atoms with Gasteiger partial charge in [-0.2, -0.15) is 0 Å². The van der Waals surface area contributed by atoms with Gasteiger partial charge in [-0.25, -0.2) is 0 Å². The van der Waals surface area contributed by atoms with E-state index in [0.717, 1.165) is 4.35 Å². The Morgan fingerprint density at radius 3 is 2.07 bits per heavy atom. The van der Waals surface area contributed by atoms with E-state index in [2.05, 4.69) is 0 Å². The summed E-state index contributed by atoms with van der Waals surface area (Å²) in [7, 11) is 3.15. The number of hydrogen-bond donors (Lipinski definition) is 0. The summed E-state index contributed by atoms with van der Waals surface area (Å²) in [6.07, 6.45) is 0. The number of nitrogens with zero attached hydrogens (tertiary/aromatic N) is 1. The normalized spacial score (nSPS) is 10.5. The molecule has 1 aromatic rings. The van der Waals surface area contributed by atoms with Gasteiger partial charge in [0.25, 0.3) is 0 Å². The van der Waals surface area contributed by atoms with Crippen molar-refractivity contribution < 1.29 is 12.4 Å². The maximum atomic E-state index is 10.4. The average Bonchev–Trinajstić information content (AvgIpc) is 2.20. The molecule has 14 heavy (non-hydrogen) atoms. The molecular formula is C8H10AsNO4. The quantitative estimate of drug-likeness (QED) is 0.451. The molecule has 0 atom stereocenters. The second kappa shape index (κ2) is 5.10. The molecule has 0 bridgehead atoms. The van der Waals surface area contributed by atoms with E-state index in [1.54, 1.807) is 26.4 Å². The summed E-state index contributed by atoms with van der Waals surface area (Å²) in [5, 5.41) is 10.4. The first kappa shape index (κ1) is 11.2. The van der Waals surface area contributed by atoms with Crippen LogP contribution in [0.15, 0.2) is 24.3 Å². The van der Waals surface area contributed by atoms with E-state index < -0.39 is 20.3 Å². The average molecular weight is 259 g/mol. The van der Waals surface area contributed by atoms with Gasteiger partial charge < -0.3 is 0 Å². The van der Waals surface area contributed by atoms with Gasteiger partial charge in [0.05, 0.1) is 0 Å². The van der Waals surface area contributed by atoms with E-state index in [0.29, 0.717) is 0 Å². The summed E-state index contributed by atoms with van der Waals surface area (Å²) in [6.45, 7) is 0. The SMILES string of the molecule is CO[As](OC)c1ccc([N+](=O)[O-])cc1. The molecule has 0 fully saturated rings. The molecule has 0 aliphatic heterocycles. The van der Waals surface area contributed by atoms with Gasteiger partial charge in [0.1, 0.15) is 0 Å². The zero-order valence-electron chi connectivity index (χ0n) is 7.84. The molecule has 1 aromatic carbocycles. The van der Waals surface area contributed by atoms with Gasteiger partial charge in [0.15, 0.2) is 0 Å². The molecule has 1 rings (SSSR count). The van der Waals surface area contributed by atoms with E-state index in [4.69, 9.17) is 7.45 Å². The van der Waals surface area contributed by atoms with Gasteiger partial charge in [0, 0.05) is 0 Å². The second-order valence-corrected chi connectivity index (χ2v) is 6.09. The standard InChI is InChI=1S/C8H10AsNO4/c1-13-9(14-2)7-3-5-8(6-4-7)10(11)12/h3-6H,1-2H3. The van der Waals surface area contributed by atoms with Crippen molar-refractivity contribution in [1.82, 2.24) is 0 Å². The number of non-ortho nitro benzene ring substituents is 1. The fourth-order valence-electron chi connectivity index (χ4n) is 0.981. The minimum atomic E-state index is -1.89. The molecule has 76 valence electrons. The van der Waals surface area contributed by atoms with Gasteiger partial charge in [-0.3, -0.25) is 0 Å². The third-order valence-electron chi connectivity index (χ3n) is 1.60. The van der Waals surface area contributed by atoms with Crippen LogP contribution in [0.5, 0.6) is 0 Å². The van der Waals surface area contributed by atoms with Crippen molar-refractivity contribution in [2.24, 2.45) is 0 Å². The molecule has 0 amide bonds. The fourth-order valence-corrected chi connectivity index (χ4v) is 3.00. The van der Waals surface area contributed by atoms with Crippen LogP contribution >= 0.6 is 0 Å². The molecular weight excluding hydrogens is 249 g/mol. The molecule has 0 spiro atoms. The summed E-state index contributed by atoms with van der Waals surface area (Å²) in [4.78, 5) is 9.95. The van der Waals surface area contributed by atoms with Crippen LogP contribution in [-0.2, 0) is 7.45 Å². The molecule has 6 heteroatoms. The molecule has 5 nitrogen and oxygen atoms in total. The summed E-state index contributed by atoms with van der Waals surface area (Å²) in [6, 6.07) is 6.25. The monoisotopic (exact) mass is 259 g/mol. The number of rotatable bonds is 4. The fraction of sp³-hybridized carbons (Fsp3) is 0.250. The van der Waals surface area contributed by atoms with Crippen molar-refractivity contribution in [3.63, 3.8) is 0 Å². The van der Waals surface area contributed by atoms with Crippen LogP contribution in [0, 0.1) is 10.1 Å². The summed E-state index contributed by atoms with van der Waals surface area (Å²) < 4.78 is 11.2. The Morgan fingerprint density at radius 2 is 1.71 bits per heavy atom. The Labute approximate surface area is 86.8 Å². The third kappa shape index (κ3) is 2.54. The molecule has 0 N–H and O–H groups in total. The van der Waals surface area contributed by atoms with Crippen LogP contribution in [0.3, 0.4) is 0 Å². The molecule has 0 saturated heterocycles. The van der Waals surface area contributed by atoms with E-state index in [-0.39, 0.29) is 5.69 Å².